The minimum atomic E-state index is 0.0551. The molecule has 40 valence electrons. The molecule has 0 aliphatic rings. The van der Waals surface area contributed by atoms with E-state index in [1.807, 2.05) is 0 Å². The van der Waals surface area contributed by atoms with E-state index in [0.29, 0.717) is 0 Å². The Balaban J connectivity index is 2.45. The summed E-state index contributed by atoms with van der Waals surface area (Å²) in [7, 11) is 0. The van der Waals surface area contributed by atoms with E-state index in [2.05, 4.69) is 9.94 Å². The number of hydrogen-bond donors (Lipinski definition) is 0. The summed E-state index contributed by atoms with van der Waals surface area (Å²) in [5.41, 5.74) is 0. The van der Waals surface area contributed by atoms with Gasteiger partial charge >= 0.3 is 65.6 Å². The maximum absolute atomic E-state index is 2.43. The summed E-state index contributed by atoms with van der Waals surface area (Å²) in [6, 6.07) is 0. The van der Waals surface area contributed by atoms with Crippen LogP contribution in [0, 0.1) is 0 Å². The molecule has 0 fully saturated rings. The van der Waals surface area contributed by atoms with Crippen molar-refractivity contribution in [3.63, 3.8) is 0 Å². The Morgan fingerprint density at radius 2 is 2.00 bits per heavy atom. The first-order valence-corrected chi connectivity index (χ1v) is 7.18. The summed E-state index contributed by atoms with van der Waals surface area (Å²) in [6.07, 6.45) is 4.38. The minimum absolute atomic E-state index is 0.0551. The second-order valence-corrected chi connectivity index (χ2v) is 4.73. The van der Waals surface area contributed by atoms with Crippen molar-refractivity contribution >= 4 is 33.8 Å². The molecule has 0 saturated carbocycles. The van der Waals surface area contributed by atoms with E-state index in [4.69, 9.17) is 0 Å². The van der Waals surface area contributed by atoms with E-state index >= 15 is 0 Å². The van der Waals surface area contributed by atoms with Crippen LogP contribution in [-0.2, 0) is 0 Å². The number of rotatable bonds is 4. The molecular weight excluding hydrogens is 112 g/mol. The van der Waals surface area contributed by atoms with E-state index in [9.17, 15) is 0 Å². The van der Waals surface area contributed by atoms with Crippen molar-refractivity contribution in [1.82, 2.24) is 0 Å². The van der Waals surface area contributed by atoms with E-state index in [-0.39, 0.29) is 33.8 Å². The molecule has 7 heavy (non-hydrogen) atoms. The van der Waals surface area contributed by atoms with Crippen molar-refractivity contribution in [2.75, 3.05) is 0 Å². The molecule has 0 N–H and O–H groups in total. The summed E-state index contributed by atoms with van der Waals surface area (Å²) < 4.78 is 4.05. The SMILES string of the molecule is CCCC[CH2][Ca][CH3]. The van der Waals surface area contributed by atoms with Gasteiger partial charge in [-0.25, -0.2) is 0 Å². The molecule has 0 aliphatic carbocycles. The molecule has 0 spiro atoms. The fourth-order valence-corrected chi connectivity index (χ4v) is 2.01. The topological polar surface area (TPSA) is 0 Å². The van der Waals surface area contributed by atoms with Gasteiger partial charge in [0.15, 0.2) is 0 Å². The Bertz CT molecular complexity index is 23.4. The van der Waals surface area contributed by atoms with Crippen molar-refractivity contribution in [2.45, 2.75) is 31.7 Å². The standard InChI is InChI=1S/C5H11.CH3.Ca/c1-3-5-4-2;;/h1,3-5H2,2H3;1H3;. The third-order valence-electron chi connectivity index (χ3n) is 1.21. The third kappa shape index (κ3) is 7.26. The zero-order chi connectivity index (χ0) is 5.54. The van der Waals surface area contributed by atoms with Gasteiger partial charge in [-0.2, -0.15) is 0 Å². The molecule has 1 heteroatoms. The Kier molecular flexibility index (Phi) is 8.57. The first-order chi connectivity index (χ1) is 3.41. The van der Waals surface area contributed by atoms with Crippen molar-refractivity contribution in [2.24, 2.45) is 0 Å². The van der Waals surface area contributed by atoms with Crippen LogP contribution in [0.25, 0.3) is 0 Å². The quantitative estimate of drug-likeness (QED) is 0.400. The molecule has 0 aromatic rings. The van der Waals surface area contributed by atoms with Crippen LogP contribution in [0.3, 0.4) is 0 Å². The molecule has 0 aromatic heterocycles. The molecule has 0 aliphatic heterocycles. The van der Waals surface area contributed by atoms with Crippen LogP contribution in [0.5, 0.6) is 0 Å². The van der Waals surface area contributed by atoms with Gasteiger partial charge in [-0.1, -0.05) is 0 Å². The normalized spacial score (nSPS) is 8.29. The molecule has 0 atom stereocenters. The Morgan fingerprint density at radius 1 is 1.29 bits per heavy atom. The first-order valence-electron chi connectivity index (χ1n) is 3.41. The van der Waals surface area contributed by atoms with E-state index < -0.39 is 0 Å². The van der Waals surface area contributed by atoms with Gasteiger partial charge in [0, 0.05) is 0 Å². The monoisotopic (exact) mass is 126 g/mol. The van der Waals surface area contributed by atoms with Gasteiger partial charge in [0.25, 0.3) is 0 Å². The van der Waals surface area contributed by atoms with Crippen LogP contribution in [0.1, 0.15) is 26.2 Å². The summed E-state index contributed by atoms with van der Waals surface area (Å²) in [5, 5.41) is 0. The van der Waals surface area contributed by atoms with Gasteiger partial charge in [-0.15, -0.1) is 0 Å². The third-order valence-corrected chi connectivity index (χ3v) is 3.09. The summed E-state index contributed by atoms with van der Waals surface area (Å²) in [4.78, 5) is 0. The van der Waals surface area contributed by atoms with Crippen molar-refractivity contribution in [3.05, 3.63) is 0 Å². The van der Waals surface area contributed by atoms with Crippen LogP contribution < -0.4 is 0 Å². The average Bonchev–Trinajstić information content (AvgIpc) is 1.69. The predicted octanol–water partition coefficient (Wildman–Crippen LogP) is 2.35. The van der Waals surface area contributed by atoms with Crippen molar-refractivity contribution < 1.29 is 0 Å². The van der Waals surface area contributed by atoms with Crippen LogP contribution in [-0.4, -0.2) is 33.8 Å². The molecule has 0 rings (SSSR count). The van der Waals surface area contributed by atoms with E-state index in [0.717, 1.165) is 0 Å². The van der Waals surface area contributed by atoms with Crippen LogP contribution >= 0.6 is 0 Å². The van der Waals surface area contributed by atoms with Gasteiger partial charge in [-0.3, -0.25) is 0 Å². The predicted molar refractivity (Wildman–Crippen MR) is 35.9 cm³/mol. The van der Waals surface area contributed by atoms with E-state index in [1.165, 1.54) is 19.3 Å². The van der Waals surface area contributed by atoms with Crippen LogP contribution in [0.4, 0.5) is 0 Å². The molecule has 0 unspecified atom stereocenters. The Labute approximate surface area is 65.0 Å². The van der Waals surface area contributed by atoms with Gasteiger partial charge in [-0.05, 0) is 0 Å². The van der Waals surface area contributed by atoms with Gasteiger partial charge < -0.3 is 0 Å². The molecule has 0 nitrogen and oxygen atoms in total. The fourth-order valence-electron chi connectivity index (χ4n) is 0.677. The second-order valence-electron chi connectivity index (χ2n) is 2.06. The maximum atomic E-state index is 2.43. The van der Waals surface area contributed by atoms with Gasteiger partial charge in [0.05, 0.1) is 0 Å². The van der Waals surface area contributed by atoms with Crippen molar-refractivity contribution in [3.8, 4) is 0 Å². The molecule has 0 aromatic carbocycles. The van der Waals surface area contributed by atoms with E-state index in [1.54, 1.807) is 2.52 Å². The second kappa shape index (κ2) is 7.26. The Hall–Kier alpha value is 1.26. The molecule has 0 saturated heterocycles. The molecule has 0 bridgehead atoms. The molecule has 0 amide bonds. The fraction of sp³-hybridized carbons (Fsp3) is 1.00. The van der Waals surface area contributed by atoms with Crippen molar-refractivity contribution in [1.29, 1.82) is 0 Å². The summed E-state index contributed by atoms with van der Waals surface area (Å²) >= 11 is 0.0551. The molecule has 0 heterocycles. The summed E-state index contributed by atoms with van der Waals surface area (Å²) in [5.74, 6) is 0. The number of unbranched alkanes of at least 4 members (excludes halogenated alkanes) is 2. The van der Waals surface area contributed by atoms with Gasteiger partial charge in [0.2, 0.25) is 0 Å². The molecule has 0 radical (unpaired) electrons. The average molecular weight is 126 g/mol. The first kappa shape index (κ1) is 8.26. The summed E-state index contributed by atoms with van der Waals surface area (Å²) in [6.45, 7) is 2.27. The Morgan fingerprint density at radius 3 is 2.43 bits per heavy atom. The zero-order valence-electron chi connectivity index (χ0n) is 5.54. The molecular formula is C6H14Ca. The van der Waals surface area contributed by atoms with Crippen LogP contribution in [0.15, 0.2) is 0 Å². The zero-order valence-corrected chi connectivity index (χ0v) is 7.74. The van der Waals surface area contributed by atoms with Crippen LogP contribution in [0.2, 0.25) is 5.54 Å². The number of hydrogen-bond acceptors (Lipinski definition) is 0. The van der Waals surface area contributed by atoms with Gasteiger partial charge in [0.1, 0.15) is 0 Å².